The minimum atomic E-state index is -4.15. The van der Waals surface area contributed by atoms with Crippen molar-refractivity contribution in [3.05, 3.63) is 45.5 Å². The van der Waals surface area contributed by atoms with E-state index in [0.717, 1.165) is 0 Å². The van der Waals surface area contributed by atoms with Crippen molar-refractivity contribution >= 4 is 16.1 Å². The summed E-state index contributed by atoms with van der Waals surface area (Å²) in [4.78, 5) is 11.5. The van der Waals surface area contributed by atoms with E-state index in [-0.39, 0.29) is 4.90 Å². The van der Waals surface area contributed by atoms with E-state index in [1.165, 1.54) is 10.9 Å². The molecule has 0 aromatic heterocycles. The van der Waals surface area contributed by atoms with E-state index in [0.29, 0.717) is 16.7 Å². The van der Waals surface area contributed by atoms with Crippen molar-refractivity contribution in [2.24, 2.45) is 0 Å². The summed E-state index contributed by atoms with van der Waals surface area (Å²) >= 11 is 0. The van der Waals surface area contributed by atoms with E-state index in [1.807, 2.05) is 0 Å². The molecule has 0 unspecified atom stereocenters. The standard InChI is InChI=1S/C10H12N2O4S/c1-4-9-6-5-7(2)10(8(9)3)17(15,16)11-12(13)14/h4-6,11H,1H2,2-3H3. The van der Waals surface area contributed by atoms with E-state index in [2.05, 4.69) is 6.58 Å². The van der Waals surface area contributed by atoms with Gasteiger partial charge in [0.2, 0.25) is 0 Å². The number of nitrogens with zero attached hydrogens (tertiary/aromatic N) is 1. The fourth-order valence-electron chi connectivity index (χ4n) is 1.62. The lowest BCUT2D eigenvalue weighted by Gasteiger charge is -2.10. The molecule has 17 heavy (non-hydrogen) atoms. The van der Waals surface area contributed by atoms with Crippen LogP contribution in [-0.4, -0.2) is 13.5 Å². The predicted octanol–water partition coefficient (Wildman–Crippen LogP) is 1.42. The number of benzene rings is 1. The molecule has 1 aromatic carbocycles. The molecule has 0 amide bonds. The van der Waals surface area contributed by atoms with Crippen LogP contribution in [-0.2, 0) is 10.0 Å². The topological polar surface area (TPSA) is 89.3 Å². The van der Waals surface area contributed by atoms with Crippen LogP contribution in [0.4, 0.5) is 0 Å². The van der Waals surface area contributed by atoms with Gasteiger partial charge in [0.25, 0.3) is 0 Å². The minimum Gasteiger partial charge on any atom is -0.234 e. The minimum absolute atomic E-state index is 0.0772. The molecule has 1 rings (SSSR count). The molecule has 0 aliphatic carbocycles. The Morgan fingerprint density at radius 3 is 2.47 bits per heavy atom. The van der Waals surface area contributed by atoms with Crippen LogP contribution in [0.15, 0.2) is 23.6 Å². The first kappa shape index (κ1) is 13.2. The second kappa shape index (κ2) is 4.54. The van der Waals surface area contributed by atoms with Crippen molar-refractivity contribution < 1.29 is 13.5 Å². The van der Waals surface area contributed by atoms with E-state index in [9.17, 15) is 18.5 Å². The van der Waals surface area contributed by atoms with Gasteiger partial charge in [-0.05, 0) is 35.4 Å². The molecule has 0 bridgehead atoms. The third-order valence-electron chi connectivity index (χ3n) is 2.33. The zero-order chi connectivity index (χ0) is 13.2. The number of nitro groups is 1. The first-order valence-electron chi connectivity index (χ1n) is 4.69. The summed E-state index contributed by atoms with van der Waals surface area (Å²) in [6, 6.07) is 3.29. The highest BCUT2D eigenvalue weighted by Gasteiger charge is 2.24. The van der Waals surface area contributed by atoms with E-state index >= 15 is 0 Å². The monoisotopic (exact) mass is 256 g/mol. The molecule has 0 aliphatic rings. The summed E-state index contributed by atoms with van der Waals surface area (Å²) < 4.78 is 23.5. The van der Waals surface area contributed by atoms with Crippen molar-refractivity contribution in [1.29, 1.82) is 0 Å². The summed E-state index contributed by atoms with van der Waals surface area (Å²) in [6.07, 6.45) is 1.50. The Kier molecular flexibility index (Phi) is 3.52. The van der Waals surface area contributed by atoms with E-state index in [4.69, 9.17) is 0 Å². The van der Waals surface area contributed by atoms with Gasteiger partial charge in [0, 0.05) is 0 Å². The molecular formula is C10H12N2O4S. The Bertz CT molecular complexity index is 578. The average Bonchev–Trinajstić information content (AvgIpc) is 2.15. The van der Waals surface area contributed by atoms with Crippen LogP contribution in [0.3, 0.4) is 0 Å². The van der Waals surface area contributed by atoms with Crippen molar-refractivity contribution in [2.45, 2.75) is 18.7 Å². The number of hydrogen-bond acceptors (Lipinski definition) is 4. The molecule has 1 N–H and O–H groups in total. The molecule has 0 aliphatic heterocycles. The molecule has 0 saturated heterocycles. The molecule has 0 spiro atoms. The van der Waals surface area contributed by atoms with Crippen LogP contribution in [0, 0.1) is 24.0 Å². The van der Waals surface area contributed by atoms with Crippen LogP contribution in [0.2, 0.25) is 0 Å². The maximum absolute atomic E-state index is 11.8. The first-order chi connectivity index (χ1) is 7.79. The summed E-state index contributed by atoms with van der Waals surface area (Å²) in [6.45, 7) is 6.72. The fraction of sp³-hybridized carbons (Fsp3) is 0.200. The van der Waals surface area contributed by atoms with Crippen molar-refractivity contribution in [3.8, 4) is 0 Å². The number of hydrogen-bond donors (Lipinski definition) is 1. The lowest BCUT2D eigenvalue weighted by atomic mass is 10.1. The van der Waals surface area contributed by atoms with Crippen LogP contribution in [0.5, 0.6) is 0 Å². The quantitative estimate of drug-likeness (QED) is 0.651. The molecule has 0 atom stereocenters. The molecule has 0 radical (unpaired) electrons. The number of aryl methyl sites for hydroxylation is 1. The van der Waals surface area contributed by atoms with Gasteiger partial charge in [-0.25, -0.2) is 10.1 Å². The van der Waals surface area contributed by atoms with Crippen LogP contribution in [0.1, 0.15) is 16.7 Å². The van der Waals surface area contributed by atoms with E-state index < -0.39 is 15.1 Å². The second-order valence-electron chi connectivity index (χ2n) is 3.48. The summed E-state index contributed by atoms with van der Waals surface area (Å²) in [5.74, 6) is 0. The van der Waals surface area contributed by atoms with Gasteiger partial charge in [-0.15, -0.1) is 0 Å². The Morgan fingerprint density at radius 1 is 1.41 bits per heavy atom. The zero-order valence-corrected chi connectivity index (χ0v) is 10.2. The second-order valence-corrected chi connectivity index (χ2v) is 5.08. The SMILES string of the molecule is C=Cc1ccc(C)c(S(=O)(=O)N[N+](=O)[O-])c1C. The Hall–Kier alpha value is -1.89. The van der Waals surface area contributed by atoms with Gasteiger partial charge in [0.15, 0.2) is 5.03 Å². The highest BCUT2D eigenvalue weighted by atomic mass is 32.2. The number of hydrazine groups is 1. The zero-order valence-electron chi connectivity index (χ0n) is 9.43. The first-order valence-corrected chi connectivity index (χ1v) is 6.17. The average molecular weight is 256 g/mol. The van der Waals surface area contributed by atoms with Crippen LogP contribution >= 0.6 is 0 Å². The van der Waals surface area contributed by atoms with Gasteiger partial charge in [-0.2, -0.15) is 8.42 Å². The highest BCUT2D eigenvalue weighted by molar-refractivity contribution is 7.89. The van der Waals surface area contributed by atoms with Crippen LogP contribution < -0.4 is 4.83 Å². The molecule has 92 valence electrons. The molecule has 6 nitrogen and oxygen atoms in total. The van der Waals surface area contributed by atoms with Gasteiger partial charge < -0.3 is 0 Å². The Balaban J connectivity index is 3.50. The molecule has 0 fully saturated rings. The molecule has 0 heterocycles. The largest absolute Gasteiger partial charge is 0.311 e. The van der Waals surface area contributed by atoms with Gasteiger partial charge in [0.05, 0.1) is 4.90 Å². The molecule has 7 heteroatoms. The molecular weight excluding hydrogens is 244 g/mol. The van der Waals surface area contributed by atoms with E-state index in [1.54, 1.807) is 26.0 Å². The number of nitrogens with one attached hydrogen (secondary N) is 1. The number of sulfonamides is 1. The number of rotatable bonds is 4. The summed E-state index contributed by atoms with van der Waals surface area (Å²) in [7, 11) is -4.15. The van der Waals surface area contributed by atoms with Gasteiger partial charge in [-0.3, -0.25) is 0 Å². The van der Waals surface area contributed by atoms with Gasteiger partial charge >= 0.3 is 10.0 Å². The lowest BCUT2D eigenvalue weighted by molar-refractivity contribution is -0.518. The van der Waals surface area contributed by atoms with Crippen molar-refractivity contribution in [2.75, 3.05) is 0 Å². The van der Waals surface area contributed by atoms with Crippen LogP contribution in [0.25, 0.3) is 6.08 Å². The fourth-order valence-corrected chi connectivity index (χ4v) is 2.92. The molecule has 1 aromatic rings. The molecule has 0 saturated carbocycles. The lowest BCUT2D eigenvalue weighted by Crippen LogP contribution is -2.30. The normalized spacial score (nSPS) is 10.9. The third kappa shape index (κ3) is 2.62. The van der Waals surface area contributed by atoms with Gasteiger partial charge in [-0.1, -0.05) is 24.8 Å². The summed E-state index contributed by atoms with van der Waals surface area (Å²) in [5.41, 5.74) is 1.51. The predicted molar refractivity (Wildman–Crippen MR) is 63.3 cm³/mol. The highest BCUT2D eigenvalue weighted by Crippen LogP contribution is 2.23. The van der Waals surface area contributed by atoms with Crippen molar-refractivity contribution in [1.82, 2.24) is 4.83 Å². The smallest absolute Gasteiger partial charge is 0.234 e. The Morgan fingerprint density at radius 2 is 2.00 bits per heavy atom. The van der Waals surface area contributed by atoms with Gasteiger partial charge in [0.1, 0.15) is 0 Å². The Labute approximate surface area is 99.1 Å². The maximum Gasteiger partial charge on any atom is 0.311 e. The maximum atomic E-state index is 11.8. The third-order valence-corrected chi connectivity index (χ3v) is 3.88. The van der Waals surface area contributed by atoms with Crippen molar-refractivity contribution in [3.63, 3.8) is 0 Å². The summed E-state index contributed by atoms with van der Waals surface area (Å²) in [5, 5.41) is 9.17.